The molecule has 3 rings (SSSR count). The van der Waals surface area contributed by atoms with Gasteiger partial charge in [0.1, 0.15) is 5.82 Å². The Morgan fingerprint density at radius 1 is 1.36 bits per heavy atom. The van der Waals surface area contributed by atoms with Gasteiger partial charge in [-0.2, -0.15) is 5.10 Å². The number of amides is 1. The number of hydrogen-bond acceptors (Lipinski definition) is 4. The van der Waals surface area contributed by atoms with E-state index in [1.165, 1.54) is 5.56 Å². The molecule has 0 radical (unpaired) electrons. The van der Waals surface area contributed by atoms with Crippen molar-refractivity contribution in [3.05, 3.63) is 41.9 Å². The number of nitrogens with zero attached hydrogens (tertiary/aromatic N) is 4. The summed E-state index contributed by atoms with van der Waals surface area (Å²) in [6.07, 6.45) is 9.94. The number of aromatic nitrogens is 3. The first-order chi connectivity index (χ1) is 12.1. The van der Waals surface area contributed by atoms with Crippen molar-refractivity contribution in [3.63, 3.8) is 0 Å². The first-order valence-electron chi connectivity index (χ1n) is 9.03. The summed E-state index contributed by atoms with van der Waals surface area (Å²) in [4.78, 5) is 19.2. The van der Waals surface area contributed by atoms with Gasteiger partial charge in [0.15, 0.2) is 0 Å². The molecule has 1 aliphatic rings. The summed E-state index contributed by atoms with van der Waals surface area (Å²) in [5.74, 6) is 0.785. The molecule has 1 N–H and O–H groups in total. The predicted octanol–water partition coefficient (Wildman–Crippen LogP) is 2.41. The molecule has 1 saturated heterocycles. The Hall–Kier alpha value is -2.21. The molecule has 2 aromatic rings. The zero-order valence-corrected chi connectivity index (χ0v) is 15.1. The van der Waals surface area contributed by atoms with Crippen LogP contribution in [0.4, 0.5) is 5.82 Å². The van der Waals surface area contributed by atoms with Crippen molar-refractivity contribution in [2.45, 2.75) is 32.6 Å². The third-order valence-corrected chi connectivity index (χ3v) is 4.74. The number of hydrogen-bond donors (Lipinski definition) is 1. The Labute approximate surface area is 149 Å². The molecule has 0 aliphatic carbocycles. The van der Waals surface area contributed by atoms with E-state index in [1.54, 1.807) is 6.20 Å². The molecule has 1 aliphatic heterocycles. The Kier molecular flexibility index (Phi) is 5.81. The van der Waals surface area contributed by atoms with E-state index >= 15 is 0 Å². The van der Waals surface area contributed by atoms with Gasteiger partial charge in [-0.15, -0.1) is 0 Å². The second-order valence-corrected chi connectivity index (χ2v) is 6.98. The number of rotatable bonds is 6. The minimum Gasteiger partial charge on any atom is -0.310 e. The van der Waals surface area contributed by atoms with Crippen molar-refractivity contribution in [1.29, 1.82) is 0 Å². The fourth-order valence-corrected chi connectivity index (χ4v) is 3.35. The highest BCUT2D eigenvalue weighted by molar-refractivity contribution is 5.91. The molecule has 1 amide bonds. The van der Waals surface area contributed by atoms with Gasteiger partial charge in [-0.25, -0.2) is 4.98 Å². The lowest BCUT2D eigenvalue weighted by molar-refractivity contribution is -0.121. The molecule has 0 aromatic carbocycles. The number of carbonyl (C=O) groups is 1. The van der Waals surface area contributed by atoms with Gasteiger partial charge in [0, 0.05) is 26.0 Å². The van der Waals surface area contributed by atoms with Gasteiger partial charge in [-0.3, -0.25) is 9.48 Å². The van der Waals surface area contributed by atoms with Crippen molar-refractivity contribution in [2.24, 2.45) is 13.0 Å². The minimum atomic E-state index is 0.0512. The first kappa shape index (κ1) is 17.6. The average molecular weight is 341 g/mol. The number of likely N-dealkylation sites (tertiary alicyclic amines) is 1. The molecular formula is C19H27N5O. The van der Waals surface area contributed by atoms with E-state index in [1.807, 2.05) is 37.0 Å². The van der Waals surface area contributed by atoms with E-state index in [2.05, 4.69) is 26.5 Å². The first-order valence-corrected chi connectivity index (χ1v) is 9.03. The summed E-state index contributed by atoms with van der Waals surface area (Å²) in [6.45, 7) is 4.94. The van der Waals surface area contributed by atoms with Crippen molar-refractivity contribution in [2.75, 3.05) is 25.0 Å². The molecule has 6 nitrogen and oxygen atoms in total. The lowest BCUT2D eigenvalue weighted by Crippen LogP contribution is -2.41. The molecule has 0 saturated carbocycles. The van der Waals surface area contributed by atoms with Crippen LogP contribution in [-0.2, 0) is 18.3 Å². The minimum absolute atomic E-state index is 0.0512. The van der Waals surface area contributed by atoms with E-state index in [4.69, 9.17) is 0 Å². The quantitative estimate of drug-likeness (QED) is 0.876. The molecule has 1 atom stereocenters. The largest absolute Gasteiger partial charge is 0.310 e. The zero-order valence-electron chi connectivity index (χ0n) is 15.1. The highest BCUT2D eigenvalue weighted by Crippen LogP contribution is 2.19. The summed E-state index contributed by atoms with van der Waals surface area (Å²) in [5, 5.41) is 7.16. The summed E-state index contributed by atoms with van der Waals surface area (Å²) in [5.41, 5.74) is 2.37. The lowest BCUT2D eigenvalue weighted by Gasteiger charge is -2.31. The van der Waals surface area contributed by atoms with Crippen LogP contribution in [0.2, 0.25) is 0 Å². The summed E-state index contributed by atoms with van der Waals surface area (Å²) in [6, 6.07) is 3.83. The van der Waals surface area contributed by atoms with Crippen molar-refractivity contribution in [1.82, 2.24) is 19.7 Å². The number of piperidine rings is 1. The van der Waals surface area contributed by atoms with Gasteiger partial charge in [0.05, 0.1) is 12.1 Å². The van der Waals surface area contributed by atoms with E-state index < -0.39 is 0 Å². The Morgan fingerprint density at radius 3 is 2.96 bits per heavy atom. The maximum Gasteiger partial charge on any atom is 0.229 e. The summed E-state index contributed by atoms with van der Waals surface area (Å²) in [7, 11) is 1.94. The standard InChI is InChI=1S/C19H27N5O/c1-15-7-8-18(20-11-15)22-19(25)17-6-4-10-24(14-17)9-3-5-16-12-21-23(2)13-16/h7-8,11-13,17H,3-6,9-10,14H2,1-2H3,(H,20,22,25)/t17-/m1/s1. The van der Waals surface area contributed by atoms with Crippen molar-refractivity contribution in [3.8, 4) is 0 Å². The van der Waals surface area contributed by atoms with Crippen LogP contribution in [0.15, 0.2) is 30.7 Å². The topological polar surface area (TPSA) is 63.1 Å². The molecule has 25 heavy (non-hydrogen) atoms. The van der Waals surface area contributed by atoms with Gasteiger partial charge in [-0.1, -0.05) is 6.07 Å². The second kappa shape index (κ2) is 8.25. The monoisotopic (exact) mass is 341 g/mol. The van der Waals surface area contributed by atoms with Gasteiger partial charge >= 0.3 is 0 Å². The molecule has 3 heterocycles. The van der Waals surface area contributed by atoms with Crippen LogP contribution in [0, 0.1) is 12.8 Å². The van der Waals surface area contributed by atoms with Gasteiger partial charge in [-0.05, 0) is 62.9 Å². The molecule has 1 fully saturated rings. The van der Waals surface area contributed by atoms with Crippen LogP contribution in [0.1, 0.15) is 30.4 Å². The lowest BCUT2D eigenvalue weighted by atomic mass is 9.97. The number of pyridine rings is 1. The van der Waals surface area contributed by atoms with Gasteiger partial charge in [0.2, 0.25) is 5.91 Å². The highest BCUT2D eigenvalue weighted by atomic mass is 16.2. The zero-order chi connectivity index (χ0) is 17.6. The third kappa shape index (κ3) is 5.13. The fraction of sp³-hybridized carbons (Fsp3) is 0.526. The Bertz CT molecular complexity index is 694. The maximum absolute atomic E-state index is 12.5. The molecule has 2 aromatic heterocycles. The van der Waals surface area contributed by atoms with Crippen LogP contribution < -0.4 is 5.32 Å². The van der Waals surface area contributed by atoms with Crippen LogP contribution >= 0.6 is 0 Å². The number of nitrogens with one attached hydrogen (secondary N) is 1. The Morgan fingerprint density at radius 2 is 2.24 bits per heavy atom. The van der Waals surface area contributed by atoms with E-state index in [0.717, 1.165) is 50.9 Å². The molecule has 0 bridgehead atoms. The van der Waals surface area contributed by atoms with Gasteiger partial charge in [0.25, 0.3) is 0 Å². The van der Waals surface area contributed by atoms with Crippen molar-refractivity contribution < 1.29 is 4.79 Å². The number of carbonyl (C=O) groups excluding carboxylic acids is 1. The van der Waals surface area contributed by atoms with E-state index in [9.17, 15) is 4.79 Å². The smallest absolute Gasteiger partial charge is 0.229 e. The van der Waals surface area contributed by atoms with Crippen LogP contribution in [0.5, 0.6) is 0 Å². The number of anilines is 1. The molecule has 134 valence electrons. The third-order valence-electron chi connectivity index (χ3n) is 4.74. The normalized spacial score (nSPS) is 18.2. The average Bonchev–Trinajstić information content (AvgIpc) is 3.02. The van der Waals surface area contributed by atoms with Crippen LogP contribution in [-0.4, -0.2) is 45.2 Å². The summed E-state index contributed by atoms with van der Waals surface area (Å²) >= 11 is 0. The molecule has 0 spiro atoms. The Balaban J connectivity index is 1.45. The van der Waals surface area contributed by atoms with Crippen molar-refractivity contribution >= 4 is 11.7 Å². The van der Waals surface area contributed by atoms with E-state index in [-0.39, 0.29) is 11.8 Å². The molecular weight excluding hydrogens is 314 g/mol. The predicted molar refractivity (Wildman–Crippen MR) is 98.3 cm³/mol. The van der Waals surface area contributed by atoms with Crippen LogP contribution in [0.25, 0.3) is 0 Å². The van der Waals surface area contributed by atoms with E-state index in [0.29, 0.717) is 5.82 Å². The number of aryl methyl sites for hydroxylation is 3. The van der Waals surface area contributed by atoms with Gasteiger partial charge < -0.3 is 10.2 Å². The maximum atomic E-state index is 12.5. The molecule has 0 unspecified atom stereocenters. The SMILES string of the molecule is Cc1ccc(NC(=O)[C@@H]2CCCN(CCCc3cnn(C)c3)C2)nc1. The fourth-order valence-electron chi connectivity index (χ4n) is 3.35. The second-order valence-electron chi connectivity index (χ2n) is 6.98. The highest BCUT2D eigenvalue weighted by Gasteiger charge is 2.25. The molecule has 6 heteroatoms. The summed E-state index contributed by atoms with van der Waals surface area (Å²) < 4.78 is 1.84. The van der Waals surface area contributed by atoms with Crippen LogP contribution in [0.3, 0.4) is 0 Å².